The van der Waals surface area contributed by atoms with E-state index < -0.39 is 22.6 Å². The van der Waals surface area contributed by atoms with Gasteiger partial charge in [0.25, 0.3) is 5.69 Å². The van der Waals surface area contributed by atoms with Crippen molar-refractivity contribution in [2.24, 2.45) is 0 Å². The maximum Gasteiger partial charge on any atom is 0.339 e. The number of benzene rings is 2. The molecule has 6 nitrogen and oxygen atoms in total. The van der Waals surface area contributed by atoms with Gasteiger partial charge < -0.3 is 9.47 Å². The lowest BCUT2D eigenvalue weighted by Crippen LogP contribution is -2.29. The van der Waals surface area contributed by atoms with Crippen LogP contribution < -0.4 is 0 Å². The summed E-state index contributed by atoms with van der Waals surface area (Å²) in [6.07, 6.45) is -0.903. The van der Waals surface area contributed by atoms with Crippen LogP contribution in [0, 0.1) is 24.0 Å². The number of nitro benzene ring substituents is 1. The Morgan fingerprint density at radius 3 is 2.07 bits per heavy atom. The molecule has 144 valence electrons. The smallest absolute Gasteiger partial charge is 0.339 e. The number of nitro groups is 1. The Morgan fingerprint density at radius 2 is 1.59 bits per heavy atom. The molecule has 0 N–H and O–H groups in total. The molecule has 0 amide bonds. The van der Waals surface area contributed by atoms with E-state index in [1.807, 2.05) is 46.8 Å². The zero-order valence-electron chi connectivity index (χ0n) is 16.5. The van der Waals surface area contributed by atoms with E-state index in [1.165, 1.54) is 19.2 Å². The molecule has 0 spiro atoms. The first-order valence-electron chi connectivity index (χ1n) is 8.65. The van der Waals surface area contributed by atoms with E-state index in [-0.39, 0.29) is 5.69 Å². The van der Waals surface area contributed by atoms with Crippen molar-refractivity contribution in [2.75, 3.05) is 7.11 Å². The fraction of sp³-hybridized carbons (Fsp3) is 0.381. The molecule has 0 fully saturated rings. The third kappa shape index (κ3) is 4.71. The van der Waals surface area contributed by atoms with Gasteiger partial charge in [-0.2, -0.15) is 0 Å². The molecule has 0 bridgehead atoms. The van der Waals surface area contributed by atoms with Gasteiger partial charge in [-0.05, 0) is 69.0 Å². The summed E-state index contributed by atoms with van der Waals surface area (Å²) in [5, 5.41) is 11.0. The van der Waals surface area contributed by atoms with Crippen molar-refractivity contribution < 1.29 is 19.2 Å². The number of aryl methyl sites for hydroxylation is 2. The largest absolute Gasteiger partial charge is 0.467 e. The van der Waals surface area contributed by atoms with Gasteiger partial charge in [0.2, 0.25) is 0 Å². The first-order valence-corrected chi connectivity index (χ1v) is 8.65. The van der Waals surface area contributed by atoms with Crippen molar-refractivity contribution in [1.29, 1.82) is 0 Å². The van der Waals surface area contributed by atoms with Crippen LogP contribution >= 0.6 is 0 Å². The number of methoxy groups -OCH3 is 1. The van der Waals surface area contributed by atoms with Crippen LogP contribution in [0.3, 0.4) is 0 Å². The first kappa shape index (κ1) is 20.6. The van der Waals surface area contributed by atoms with Crippen molar-refractivity contribution in [1.82, 2.24) is 0 Å². The lowest BCUT2D eigenvalue weighted by Gasteiger charge is -2.29. The molecular formula is C21H25NO5. The number of carbonyl (C=O) groups excluding carboxylic acids is 1. The van der Waals surface area contributed by atoms with Crippen LogP contribution in [0.4, 0.5) is 5.69 Å². The number of nitrogens with zero attached hydrogens (tertiary/aromatic N) is 1. The SMILES string of the molecule is COC(=O)C(OC(C)(C)C)c1c(C)ccc(C)c1-c1ccc([N+](=O)[O-])cc1. The molecular weight excluding hydrogens is 346 g/mol. The highest BCUT2D eigenvalue weighted by Crippen LogP contribution is 2.38. The van der Waals surface area contributed by atoms with Gasteiger partial charge in [-0.3, -0.25) is 10.1 Å². The maximum atomic E-state index is 12.5. The normalized spacial score (nSPS) is 12.5. The predicted octanol–water partition coefficient (Wildman–Crippen LogP) is 4.91. The molecule has 1 atom stereocenters. The molecule has 2 rings (SSSR count). The second-order valence-corrected chi connectivity index (χ2v) is 7.43. The third-order valence-electron chi connectivity index (χ3n) is 4.19. The zero-order chi connectivity index (χ0) is 20.4. The molecule has 0 heterocycles. The number of rotatable bonds is 5. The number of hydrogen-bond donors (Lipinski definition) is 0. The second kappa shape index (κ2) is 7.88. The van der Waals surface area contributed by atoms with Crippen LogP contribution in [0.15, 0.2) is 36.4 Å². The van der Waals surface area contributed by atoms with Crippen LogP contribution in [0.5, 0.6) is 0 Å². The summed E-state index contributed by atoms with van der Waals surface area (Å²) in [6, 6.07) is 10.2. The lowest BCUT2D eigenvalue weighted by molar-refractivity contribution is -0.384. The summed E-state index contributed by atoms with van der Waals surface area (Å²) in [4.78, 5) is 23.1. The fourth-order valence-corrected chi connectivity index (χ4v) is 2.99. The minimum Gasteiger partial charge on any atom is -0.467 e. The van der Waals surface area contributed by atoms with E-state index in [1.54, 1.807) is 12.1 Å². The Hall–Kier alpha value is -2.73. The van der Waals surface area contributed by atoms with E-state index >= 15 is 0 Å². The van der Waals surface area contributed by atoms with Gasteiger partial charge in [0.15, 0.2) is 6.10 Å². The molecule has 0 aliphatic carbocycles. The fourth-order valence-electron chi connectivity index (χ4n) is 2.99. The molecule has 2 aromatic rings. The number of ether oxygens (including phenoxy) is 2. The van der Waals surface area contributed by atoms with E-state index in [4.69, 9.17) is 9.47 Å². The van der Waals surface area contributed by atoms with E-state index in [0.29, 0.717) is 5.56 Å². The van der Waals surface area contributed by atoms with E-state index in [9.17, 15) is 14.9 Å². The van der Waals surface area contributed by atoms with Gasteiger partial charge in [0, 0.05) is 17.7 Å². The molecule has 0 saturated carbocycles. The number of non-ortho nitro benzene ring substituents is 1. The summed E-state index contributed by atoms with van der Waals surface area (Å²) in [6.45, 7) is 9.47. The van der Waals surface area contributed by atoms with Gasteiger partial charge >= 0.3 is 5.97 Å². The summed E-state index contributed by atoms with van der Waals surface area (Å²) >= 11 is 0. The van der Waals surface area contributed by atoms with Crippen molar-refractivity contribution in [3.8, 4) is 11.1 Å². The van der Waals surface area contributed by atoms with Gasteiger partial charge in [0.05, 0.1) is 17.6 Å². The molecule has 1 unspecified atom stereocenters. The highest BCUT2D eigenvalue weighted by atomic mass is 16.6. The molecule has 0 saturated heterocycles. The second-order valence-electron chi connectivity index (χ2n) is 7.43. The monoisotopic (exact) mass is 371 g/mol. The lowest BCUT2D eigenvalue weighted by atomic mass is 9.88. The van der Waals surface area contributed by atoms with Gasteiger partial charge in [-0.15, -0.1) is 0 Å². The van der Waals surface area contributed by atoms with Crippen LogP contribution in [0.1, 0.15) is 43.6 Å². The standard InChI is InChI=1S/C21H25NO5/c1-13-7-8-14(2)18(19(20(23)26-6)27-21(3,4)5)17(13)15-9-11-16(12-10-15)22(24)25/h7-12,19H,1-6H3. The Balaban J connectivity index is 2.70. The van der Waals surface area contributed by atoms with Crippen LogP contribution in [-0.4, -0.2) is 23.6 Å². The van der Waals surface area contributed by atoms with Crippen LogP contribution in [-0.2, 0) is 14.3 Å². The molecule has 2 aromatic carbocycles. The Morgan fingerprint density at radius 1 is 1.04 bits per heavy atom. The Labute approximate surface area is 159 Å². The van der Waals surface area contributed by atoms with Crippen molar-refractivity contribution in [3.63, 3.8) is 0 Å². The van der Waals surface area contributed by atoms with Gasteiger partial charge in [0.1, 0.15) is 0 Å². The van der Waals surface area contributed by atoms with Crippen molar-refractivity contribution >= 4 is 11.7 Å². The molecule has 27 heavy (non-hydrogen) atoms. The quantitative estimate of drug-likeness (QED) is 0.424. The number of hydrogen-bond acceptors (Lipinski definition) is 5. The summed E-state index contributed by atoms with van der Waals surface area (Å²) in [5.74, 6) is -0.484. The summed E-state index contributed by atoms with van der Waals surface area (Å²) < 4.78 is 11.0. The Kier molecular flexibility index (Phi) is 6.01. The summed E-state index contributed by atoms with van der Waals surface area (Å²) in [7, 11) is 1.33. The number of esters is 1. The highest BCUT2D eigenvalue weighted by molar-refractivity contribution is 5.83. The van der Waals surface area contributed by atoms with Crippen LogP contribution in [0.25, 0.3) is 11.1 Å². The van der Waals surface area contributed by atoms with Crippen LogP contribution in [0.2, 0.25) is 0 Å². The third-order valence-corrected chi connectivity index (χ3v) is 4.19. The van der Waals surface area contributed by atoms with Crippen molar-refractivity contribution in [3.05, 3.63) is 63.2 Å². The first-order chi connectivity index (χ1) is 12.5. The molecule has 6 heteroatoms. The molecule has 0 aromatic heterocycles. The average molecular weight is 371 g/mol. The Bertz CT molecular complexity index is 850. The minimum atomic E-state index is -0.903. The number of carbonyl (C=O) groups is 1. The summed E-state index contributed by atoms with van der Waals surface area (Å²) in [5.41, 5.74) is 3.59. The van der Waals surface area contributed by atoms with Crippen molar-refractivity contribution in [2.45, 2.75) is 46.3 Å². The van der Waals surface area contributed by atoms with E-state index in [0.717, 1.165) is 22.3 Å². The highest BCUT2D eigenvalue weighted by Gasteiger charge is 2.32. The average Bonchev–Trinajstić information content (AvgIpc) is 2.60. The van der Waals surface area contributed by atoms with Gasteiger partial charge in [-0.1, -0.05) is 12.1 Å². The van der Waals surface area contributed by atoms with E-state index in [2.05, 4.69) is 0 Å². The predicted molar refractivity (Wildman–Crippen MR) is 104 cm³/mol. The molecule has 0 aliphatic rings. The topological polar surface area (TPSA) is 78.7 Å². The van der Waals surface area contributed by atoms with Gasteiger partial charge in [-0.25, -0.2) is 4.79 Å². The molecule has 0 radical (unpaired) electrons. The maximum absolute atomic E-state index is 12.5. The zero-order valence-corrected chi connectivity index (χ0v) is 16.5. The molecule has 0 aliphatic heterocycles. The minimum absolute atomic E-state index is 0.0149.